The lowest BCUT2D eigenvalue weighted by atomic mass is 9.91. The van der Waals surface area contributed by atoms with Crippen molar-refractivity contribution in [1.29, 1.82) is 5.26 Å². The second-order valence-corrected chi connectivity index (χ2v) is 4.83. The summed E-state index contributed by atoms with van der Waals surface area (Å²) in [6.45, 7) is 0. The Morgan fingerprint density at radius 2 is 2.05 bits per heavy atom. The number of nitrogens with zero attached hydrogens (tertiary/aromatic N) is 2. The molecular weight excluding hydrogens is 244 g/mol. The Balaban J connectivity index is 2.21. The first-order valence-electron chi connectivity index (χ1n) is 6.31. The number of benzene rings is 1. The zero-order chi connectivity index (χ0) is 13.8. The van der Waals surface area contributed by atoms with Crippen LogP contribution in [0.15, 0.2) is 18.2 Å². The van der Waals surface area contributed by atoms with Crippen LogP contribution < -0.4 is 11.1 Å². The van der Waals surface area contributed by atoms with E-state index in [0.29, 0.717) is 5.69 Å². The molecule has 1 saturated carbocycles. The normalized spacial score (nSPS) is 22.5. The standard InChI is InChI=1S/C13H16N4O2/c14-8-9-2-1-3-12(13(9)17(18)19)16-11-6-4-10(15)5-7-11/h1-3,10-11,16H,4-7,15H2. The Labute approximate surface area is 111 Å². The van der Waals surface area contributed by atoms with E-state index < -0.39 is 4.92 Å². The van der Waals surface area contributed by atoms with Crippen LogP contribution in [0.5, 0.6) is 0 Å². The molecule has 6 nitrogen and oxygen atoms in total. The number of anilines is 1. The molecule has 0 heterocycles. The highest BCUT2D eigenvalue weighted by Gasteiger charge is 2.24. The van der Waals surface area contributed by atoms with Crippen LogP contribution in [0.2, 0.25) is 0 Å². The van der Waals surface area contributed by atoms with Gasteiger partial charge in [0.1, 0.15) is 17.3 Å². The fourth-order valence-corrected chi connectivity index (χ4v) is 2.43. The minimum atomic E-state index is -0.505. The summed E-state index contributed by atoms with van der Waals surface area (Å²) < 4.78 is 0. The summed E-state index contributed by atoms with van der Waals surface area (Å²) in [7, 11) is 0. The molecule has 0 radical (unpaired) electrons. The number of nitro benzene ring substituents is 1. The van der Waals surface area contributed by atoms with Gasteiger partial charge in [-0.05, 0) is 37.8 Å². The van der Waals surface area contributed by atoms with Crippen molar-refractivity contribution in [3.8, 4) is 6.07 Å². The smallest absolute Gasteiger partial charge is 0.309 e. The van der Waals surface area contributed by atoms with E-state index in [1.807, 2.05) is 6.07 Å². The number of nitriles is 1. The molecule has 0 amide bonds. The van der Waals surface area contributed by atoms with Gasteiger partial charge in [0.15, 0.2) is 0 Å². The number of para-hydroxylation sites is 1. The molecule has 1 fully saturated rings. The summed E-state index contributed by atoms with van der Waals surface area (Å²) in [5.41, 5.74) is 6.20. The van der Waals surface area contributed by atoms with Crippen molar-refractivity contribution in [2.24, 2.45) is 5.73 Å². The average molecular weight is 260 g/mol. The van der Waals surface area contributed by atoms with E-state index in [1.165, 1.54) is 6.07 Å². The van der Waals surface area contributed by atoms with Gasteiger partial charge in [0, 0.05) is 12.1 Å². The zero-order valence-electron chi connectivity index (χ0n) is 10.5. The van der Waals surface area contributed by atoms with Gasteiger partial charge in [-0.2, -0.15) is 5.26 Å². The Hall–Kier alpha value is -2.13. The molecule has 0 unspecified atom stereocenters. The van der Waals surface area contributed by atoms with E-state index in [-0.39, 0.29) is 23.3 Å². The van der Waals surface area contributed by atoms with Gasteiger partial charge in [0.05, 0.1) is 4.92 Å². The third-order valence-electron chi connectivity index (χ3n) is 3.47. The van der Waals surface area contributed by atoms with Crippen molar-refractivity contribution in [2.75, 3.05) is 5.32 Å². The summed E-state index contributed by atoms with van der Waals surface area (Å²) in [5, 5.41) is 23.2. The van der Waals surface area contributed by atoms with Crippen LogP contribution in [-0.4, -0.2) is 17.0 Å². The molecule has 2 rings (SSSR count). The maximum Gasteiger partial charge on any atom is 0.309 e. The number of hydrogen-bond donors (Lipinski definition) is 2. The Bertz CT molecular complexity index is 516. The van der Waals surface area contributed by atoms with Crippen LogP contribution in [0.4, 0.5) is 11.4 Å². The molecule has 0 aliphatic heterocycles. The van der Waals surface area contributed by atoms with Crippen molar-refractivity contribution in [3.05, 3.63) is 33.9 Å². The Morgan fingerprint density at radius 3 is 2.63 bits per heavy atom. The maximum atomic E-state index is 11.1. The number of nitrogens with one attached hydrogen (secondary N) is 1. The Morgan fingerprint density at radius 1 is 1.37 bits per heavy atom. The predicted molar refractivity (Wildman–Crippen MR) is 71.7 cm³/mol. The van der Waals surface area contributed by atoms with Crippen molar-refractivity contribution in [1.82, 2.24) is 0 Å². The van der Waals surface area contributed by atoms with Crippen LogP contribution in [0, 0.1) is 21.4 Å². The number of rotatable bonds is 3. The zero-order valence-corrected chi connectivity index (χ0v) is 10.5. The van der Waals surface area contributed by atoms with Crippen LogP contribution in [0.25, 0.3) is 0 Å². The molecule has 1 aliphatic rings. The van der Waals surface area contributed by atoms with Crippen molar-refractivity contribution in [3.63, 3.8) is 0 Å². The highest BCUT2D eigenvalue weighted by atomic mass is 16.6. The summed E-state index contributed by atoms with van der Waals surface area (Å²) >= 11 is 0. The molecule has 1 aromatic rings. The molecule has 100 valence electrons. The van der Waals surface area contributed by atoms with Crippen LogP contribution in [0.3, 0.4) is 0 Å². The first-order valence-corrected chi connectivity index (χ1v) is 6.31. The average Bonchev–Trinajstić information content (AvgIpc) is 2.40. The number of nitrogens with two attached hydrogens (primary N) is 1. The lowest BCUT2D eigenvalue weighted by molar-refractivity contribution is -0.384. The fraction of sp³-hybridized carbons (Fsp3) is 0.462. The molecule has 0 saturated heterocycles. The monoisotopic (exact) mass is 260 g/mol. The highest BCUT2D eigenvalue weighted by molar-refractivity contribution is 5.68. The summed E-state index contributed by atoms with van der Waals surface area (Å²) in [4.78, 5) is 10.6. The predicted octanol–water partition coefficient (Wildman–Crippen LogP) is 2.15. The first-order chi connectivity index (χ1) is 9.11. The summed E-state index contributed by atoms with van der Waals surface area (Å²) in [5.74, 6) is 0. The van der Waals surface area contributed by atoms with Crippen LogP contribution in [-0.2, 0) is 0 Å². The molecule has 0 aromatic heterocycles. The highest BCUT2D eigenvalue weighted by Crippen LogP contribution is 2.30. The van der Waals surface area contributed by atoms with E-state index >= 15 is 0 Å². The van der Waals surface area contributed by atoms with Gasteiger partial charge in [-0.25, -0.2) is 0 Å². The van der Waals surface area contributed by atoms with Gasteiger partial charge in [-0.1, -0.05) is 6.07 Å². The van der Waals surface area contributed by atoms with E-state index in [2.05, 4.69) is 5.32 Å². The molecular formula is C13H16N4O2. The van der Waals surface area contributed by atoms with Crippen molar-refractivity contribution >= 4 is 11.4 Å². The molecule has 0 bridgehead atoms. The lowest BCUT2D eigenvalue weighted by Crippen LogP contribution is -2.32. The van der Waals surface area contributed by atoms with Crippen molar-refractivity contribution < 1.29 is 4.92 Å². The topological polar surface area (TPSA) is 105 Å². The molecule has 1 aromatic carbocycles. The SMILES string of the molecule is N#Cc1cccc(NC2CCC(N)CC2)c1[N+](=O)[O-]. The summed E-state index contributed by atoms with van der Waals surface area (Å²) in [6.07, 6.45) is 3.64. The molecule has 1 aliphatic carbocycles. The quantitative estimate of drug-likeness (QED) is 0.640. The van der Waals surface area contributed by atoms with Gasteiger partial charge in [-0.15, -0.1) is 0 Å². The van der Waals surface area contributed by atoms with Crippen LogP contribution >= 0.6 is 0 Å². The number of hydrogen-bond acceptors (Lipinski definition) is 5. The minimum absolute atomic E-state index is 0.0857. The molecule has 0 spiro atoms. The Kier molecular flexibility index (Phi) is 3.97. The van der Waals surface area contributed by atoms with Gasteiger partial charge in [-0.3, -0.25) is 10.1 Å². The van der Waals surface area contributed by atoms with E-state index in [4.69, 9.17) is 11.0 Å². The fourth-order valence-electron chi connectivity index (χ4n) is 2.43. The molecule has 3 N–H and O–H groups in total. The number of nitro groups is 1. The molecule has 0 atom stereocenters. The van der Waals surface area contributed by atoms with Gasteiger partial charge in [0.2, 0.25) is 0 Å². The third kappa shape index (κ3) is 3.01. The van der Waals surface area contributed by atoms with E-state index in [0.717, 1.165) is 25.7 Å². The van der Waals surface area contributed by atoms with Gasteiger partial charge >= 0.3 is 5.69 Å². The second-order valence-electron chi connectivity index (χ2n) is 4.83. The third-order valence-corrected chi connectivity index (χ3v) is 3.47. The first kappa shape index (κ1) is 13.3. The lowest BCUT2D eigenvalue weighted by Gasteiger charge is -2.27. The second kappa shape index (κ2) is 5.67. The largest absolute Gasteiger partial charge is 0.377 e. The van der Waals surface area contributed by atoms with Gasteiger partial charge < -0.3 is 11.1 Å². The maximum absolute atomic E-state index is 11.1. The molecule has 19 heavy (non-hydrogen) atoms. The van der Waals surface area contributed by atoms with Crippen LogP contribution in [0.1, 0.15) is 31.2 Å². The minimum Gasteiger partial charge on any atom is -0.377 e. The van der Waals surface area contributed by atoms with E-state index in [9.17, 15) is 10.1 Å². The van der Waals surface area contributed by atoms with Crippen molar-refractivity contribution in [2.45, 2.75) is 37.8 Å². The molecule has 6 heteroatoms. The van der Waals surface area contributed by atoms with Gasteiger partial charge in [0.25, 0.3) is 0 Å². The van der Waals surface area contributed by atoms with E-state index in [1.54, 1.807) is 12.1 Å². The summed E-state index contributed by atoms with van der Waals surface area (Å²) in [6, 6.07) is 7.04.